The minimum absolute atomic E-state index is 0.00697. The van der Waals surface area contributed by atoms with Crippen LogP contribution in [0.1, 0.15) is 61.3 Å². The molecule has 2 unspecified atom stereocenters. The van der Waals surface area contributed by atoms with Crippen molar-refractivity contribution in [3.63, 3.8) is 0 Å². The summed E-state index contributed by atoms with van der Waals surface area (Å²) in [5.41, 5.74) is -1.66. The number of allylic oxidation sites excluding steroid dienone is 1. The molecule has 0 aromatic heterocycles. The molecule has 0 saturated heterocycles. The Morgan fingerprint density at radius 1 is 1.06 bits per heavy atom. The predicted molar refractivity (Wildman–Crippen MR) is 145 cm³/mol. The Morgan fingerprint density at radius 2 is 1.63 bits per heavy atom. The molecule has 0 radical (unpaired) electrons. The van der Waals surface area contributed by atoms with Crippen molar-refractivity contribution in [3.8, 4) is 0 Å². The molecular formula is C28H50O5Si2. The van der Waals surface area contributed by atoms with Gasteiger partial charge < -0.3 is 19.1 Å². The van der Waals surface area contributed by atoms with Crippen molar-refractivity contribution >= 4 is 22.4 Å². The molecule has 0 aromatic rings. The van der Waals surface area contributed by atoms with Gasteiger partial charge in [0, 0.05) is 18.3 Å². The number of rotatable bonds is 4. The number of aliphatic hydroxyl groups is 2. The van der Waals surface area contributed by atoms with Crippen LogP contribution < -0.4 is 0 Å². The zero-order chi connectivity index (χ0) is 26.7. The van der Waals surface area contributed by atoms with Crippen LogP contribution in [0.4, 0.5) is 0 Å². The van der Waals surface area contributed by atoms with Crippen LogP contribution in [0.15, 0.2) is 11.6 Å². The van der Waals surface area contributed by atoms with E-state index in [0.29, 0.717) is 17.4 Å². The maximum Gasteiger partial charge on any atom is 0.192 e. The summed E-state index contributed by atoms with van der Waals surface area (Å²) in [5, 5.41) is 24.0. The van der Waals surface area contributed by atoms with Crippen LogP contribution in [0.25, 0.3) is 0 Å². The molecule has 0 amide bonds. The van der Waals surface area contributed by atoms with E-state index in [4.69, 9.17) is 8.85 Å². The Kier molecular flexibility index (Phi) is 6.22. The molecule has 9 atom stereocenters. The zero-order valence-electron chi connectivity index (χ0n) is 24.2. The molecule has 0 spiro atoms. The van der Waals surface area contributed by atoms with Crippen molar-refractivity contribution in [1.82, 2.24) is 0 Å². The molecule has 200 valence electrons. The van der Waals surface area contributed by atoms with Gasteiger partial charge in [-0.1, -0.05) is 48.5 Å². The van der Waals surface area contributed by atoms with Crippen LogP contribution in [0.5, 0.6) is 0 Å². The molecule has 7 heteroatoms. The highest BCUT2D eigenvalue weighted by Gasteiger charge is 2.76. The Morgan fingerprint density at radius 3 is 2.14 bits per heavy atom. The zero-order valence-corrected chi connectivity index (χ0v) is 26.2. The van der Waals surface area contributed by atoms with E-state index in [0.717, 1.165) is 6.42 Å². The number of hydrogen-bond acceptors (Lipinski definition) is 5. The van der Waals surface area contributed by atoms with Gasteiger partial charge in [0.05, 0.1) is 17.8 Å². The SMILES string of the molecule is C[C@@H]1C[C@@H]2[C@H]([C@@H]3C(O[Si](C)(C)C(C)(C)C)[C@H](C)[C@@H](O)[C@]4(O)CC(=O)C=C4C13O[Si](C)(C)C)C2(C)C. The smallest absolute Gasteiger partial charge is 0.192 e. The maximum absolute atomic E-state index is 12.9. The highest BCUT2D eigenvalue weighted by Crippen LogP contribution is 2.74. The molecule has 5 nitrogen and oxygen atoms in total. The molecule has 4 rings (SSSR count). The lowest BCUT2D eigenvalue weighted by molar-refractivity contribution is -0.124. The van der Waals surface area contributed by atoms with Gasteiger partial charge in [0.15, 0.2) is 22.4 Å². The lowest BCUT2D eigenvalue weighted by Crippen LogP contribution is -2.62. The Hall–Kier alpha value is -0.316. The third-order valence-electron chi connectivity index (χ3n) is 10.6. The Labute approximate surface area is 215 Å². The summed E-state index contributed by atoms with van der Waals surface area (Å²) in [7, 11) is -4.39. The third kappa shape index (κ3) is 3.94. The number of carbonyl (C=O) groups is 1. The van der Waals surface area contributed by atoms with E-state index >= 15 is 0 Å². The van der Waals surface area contributed by atoms with Crippen LogP contribution in [0.3, 0.4) is 0 Å². The standard InChI is InChI=1S/C28H50O5Si2/c1-16-13-19-21(26(19,6)7)22-23(32-35(11,12)25(3,4)5)17(2)24(30)27(31)15-18(29)14-20(27)28(16,22)33-34(8,9)10/h14,16-17,19,21-24,30-31H,13,15H2,1-12H3/t16-,17+,19-,21-,22-,23?,24-,27+,28?/m1/s1. The van der Waals surface area contributed by atoms with E-state index in [1.54, 1.807) is 6.08 Å². The van der Waals surface area contributed by atoms with Crippen molar-refractivity contribution in [2.45, 2.75) is 122 Å². The van der Waals surface area contributed by atoms with Crippen LogP contribution in [0.2, 0.25) is 37.8 Å². The third-order valence-corrected chi connectivity index (χ3v) is 16.0. The normalized spacial score (nSPS) is 45.3. The number of aliphatic hydroxyl groups excluding tert-OH is 1. The fraction of sp³-hybridized carbons (Fsp3) is 0.893. The van der Waals surface area contributed by atoms with E-state index in [2.05, 4.69) is 74.3 Å². The van der Waals surface area contributed by atoms with E-state index < -0.39 is 33.9 Å². The Bertz CT molecular complexity index is 929. The molecule has 4 aliphatic rings. The van der Waals surface area contributed by atoms with E-state index in [9.17, 15) is 15.0 Å². The van der Waals surface area contributed by atoms with Crippen LogP contribution in [0, 0.1) is 35.0 Å². The van der Waals surface area contributed by atoms with Crippen molar-refractivity contribution in [3.05, 3.63) is 11.6 Å². The average molecular weight is 523 g/mol. The van der Waals surface area contributed by atoms with Gasteiger partial charge in [-0.05, 0) is 79.0 Å². The Balaban J connectivity index is 2.02. The molecule has 4 aliphatic carbocycles. The minimum atomic E-state index is -2.23. The van der Waals surface area contributed by atoms with Gasteiger partial charge in [0.2, 0.25) is 0 Å². The monoisotopic (exact) mass is 522 g/mol. The van der Waals surface area contributed by atoms with Crippen molar-refractivity contribution in [2.24, 2.45) is 35.0 Å². The summed E-state index contributed by atoms with van der Waals surface area (Å²) in [6.07, 6.45) is 1.22. The van der Waals surface area contributed by atoms with Gasteiger partial charge in [-0.25, -0.2) is 0 Å². The molecule has 0 bridgehead atoms. The van der Waals surface area contributed by atoms with Gasteiger partial charge in [-0.15, -0.1) is 0 Å². The van der Waals surface area contributed by atoms with Crippen LogP contribution in [-0.4, -0.2) is 56.0 Å². The molecular weight excluding hydrogens is 472 g/mol. The molecule has 2 N–H and O–H groups in total. The lowest BCUT2D eigenvalue weighted by Gasteiger charge is -2.56. The van der Waals surface area contributed by atoms with Gasteiger partial charge in [0.1, 0.15) is 5.60 Å². The fourth-order valence-corrected chi connectivity index (χ4v) is 10.6. The largest absolute Gasteiger partial charge is 0.413 e. The van der Waals surface area contributed by atoms with Crippen molar-refractivity contribution in [2.75, 3.05) is 0 Å². The summed E-state index contributed by atoms with van der Waals surface area (Å²) in [5.74, 6) is 0.553. The molecule has 0 aromatic carbocycles. The first-order valence-electron chi connectivity index (χ1n) is 13.6. The topological polar surface area (TPSA) is 76.0 Å². The molecule has 0 aliphatic heterocycles. The molecule has 3 saturated carbocycles. The van der Waals surface area contributed by atoms with Gasteiger partial charge in [-0.2, -0.15) is 0 Å². The summed E-state index contributed by atoms with van der Waals surface area (Å²) in [4.78, 5) is 12.9. The van der Waals surface area contributed by atoms with Gasteiger partial charge >= 0.3 is 0 Å². The second-order valence-electron chi connectivity index (χ2n) is 15.4. The van der Waals surface area contributed by atoms with Crippen LogP contribution >= 0.6 is 0 Å². The van der Waals surface area contributed by atoms with Crippen molar-refractivity contribution in [1.29, 1.82) is 0 Å². The number of ketones is 1. The quantitative estimate of drug-likeness (QED) is 0.474. The second kappa shape index (κ2) is 7.85. The fourth-order valence-electron chi connectivity index (χ4n) is 7.78. The first-order chi connectivity index (χ1) is 15.6. The molecule has 3 fully saturated rings. The number of carbonyl (C=O) groups excluding carboxylic acids is 1. The summed E-state index contributed by atoms with van der Waals surface area (Å²) in [6, 6.07) is 0. The average Bonchev–Trinajstić information content (AvgIpc) is 3.05. The summed E-state index contributed by atoms with van der Waals surface area (Å²) >= 11 is 0. The highest BCUT2D eigenvalue weighted by molar-refractivity contribution is 6.74. The van der Waals surface area contributed by atoms with Gasteiger partial charge in [0.25, 0.3) is 0 Å². The van der Waals surface area contributed by atoms with E-state index in [-0.39, 0.29) is 46.5 Å². The molecule has 35 heavy (non-hydrogen) atoms. The van der Waals surface area contributed by atoms with Crippen LogP contribution in [-0.2, 0) is 13.6 Å². The van der Waals surface area contributed by atoms with Crippen molar-refractivity contribution < 1.29 is 23.9 Å². The lowest BCUT2D eigenvalue weighted by atomic mass is 9.62. The number of fused-ring (bicyclic) bond motifs is 5. The first kappa shape index (κ1) is 27.7. The van der Waals surface area contributed by atoms with E-state index in [1.807, 2.05) is 6.92 Å². The summed E-state index contributed by atoms with van der Waals surface area (Å²) < 4.78 is 14.6. The van der Waals surface area contributed by atoms with Gasteiger partial charge in [-0.3, -0.25) is 4.79 Å². The first-order valence-corrected chi connectivity index (χ1v) is 20.0. The second-order valence-corrected chi connectivity index (χ2v) is 24.6. The summed E-state index contributed by atoms with van der Waals surface area (Å²) in [6.45, 7) is 26.9. The number of hydrogen-bond donors (Lipinski definition) is 2. The maximum atomic E-state index is 12.9. The predicted octanol–water partition coefficient (Wildman–Crippen LogP) is 5.54. The minimum Gasteiger partial charge on any atom is -0.413 e. The van der Waals surface area contributed by atoms with E-state index in [1.165, 1.54) is 0 Å². The molecule has 0 heterocycles. The highest BCUT2D eigenvalue weighted by atomic mass is 28.4.